The highest BCUT2D eigenvalue weighted by Crippen LogP contribution is 2.41. The van der Waals surface area contributed by atoms with Crippen LogP contribution in [0.3, 0.4) is 0 Å². The zero-order valence-electron chi connectivity index (χ0n) is 13.5. The first-order valence-corrected chi connectivity index (χ1v) is 8.97. The predicted molar refractivity (Wildman–Crippen MR) is 91.4 cm³/mol. The van der Waals surface area contributed by atoms with E-state index < -0.39 is 0 Å². The monoisotopic (exact) mass is 330 g/mol. The second-order valence-corrected chi connectivity index (χ2v) is 6.86. The first kappa shape index (κ1) is 15.9. The summed E-state index contributed by atoms with van der Waals surface area (Å²) in [7, 11) is 0. The lowest BCUT2D eigenvalue weighted by Crippen LogP contribution is -2.39. The minimum absolute atomic E-state index is 0.0114. The third-order valence-electron chi connectivity index (χ3n) is 4.08. The first-order valence-electron chi connectivity index (χ1n) is 8.09. The van der Waals surface area contributed by atoms with Crippen molar-refractivity contribution in [1.29, 1.82) is 0 Å². The van der Waals surface area contributed by atoms with Gasteiger partial charge < -0.3 is 10.6 Å². The molecule has 6 heteroatoms. The van der Waals surface area contributed by atoms with Crippen LogP contribution in [0, 0.1) is 0 Å². The van der Waals surface area contributed by atoms with Crippen LogP contribution in [0.4, 0.5) is 4.79 Å². The van der Waals surface area contributed by atoms with Gasteiger partial charge in [0, 0.05) is 23.7 Å². The summed E-state index contributed by atoms with van der Waals surface area (Å²) in [5.74, 6) is 0.658. The zero-order valence-corrected chi connectivity index (χ0v) is 14.3. The molecule has 0 aliphatic heterocycles. The average molecular weight is 330 g/mol. The molecule has 2 aromatic heterocycles. The van der Waals surface area contributed by atoms with Crippen molar-refractivity contribution in [3.8, 4) is 0 Å². The van der Waals surface area contributed by atoms with E-state index in [-0.39, 0.29) is 18.1 Å². The van der Waals surface area contributed by atoms with E-state index in [4.69, 9.17) is 0 Å². The Bertz CT molecular complexity index is 654. The van der Waals surface area contributed by atoms with Crippen molar-refractivity contribution in [1.82, 2.24) is 20.6 Å². The Hall–Kier alpha value is -1.95. The normalized spacial score (nSPS) is 16.6. The Balaban J connectivity index is 1.56. The van der Waals surface area contributed by atoms with Gasteiger partial charge in [-0.2, -0.15) is 0 Å². The molecule has 0 bridgehead atoms. The number of urea groups is 1. The van der Waals surface area contributed by atoms with E-state index in [2.05, 4.69) is 32.9 Å². The van der Waals surface area contributed by atoms with E-state index >= 15 is 0 Å². The largest absolute Gasteiger partial charge is 0.331 e. The van der Waals surface area contributed by atoms with E-state index in [1.165, 1.54) is 17.8 Å². The lowest BCUT2D eigenvalue weighted by atomic mass is 10.1. The summed E-state index contributed by atoms with van der Waals surface area (Å²) in [6, 6.07) is 3.60. The molecule has 1 fully saturated rings. The van der Waals surface area contributed by atoms with Crippen LogP contribution >= 0.6 is 11.3 Å². The van der Waals surface area contributed by atoms with Gasteiger partial charge in [-0.3, -0.25) is 4.98 Å². The van der Waals surface area contributed by atoms with Crippen LogP contribution in [-0.4, -0.2) is 16.0 Å². The number of thiazole rings is 1. The van der Waals surface area contributed by atoms with Crippen molar-refractivity contribution in [2.75, 3.05) is 0 Å². The predicted octanol–water partition coefficient (Wildman–Crippen LogP) is 3.93. The van der Waals surface area contributed by atoms with Gasteiger partial charge in [0.25, 0.3) is 0 Å². The standard InChI is InChI=1S/C17H22N4OS/c1-3-14(12-6-8-18-9-7-12)21-17(22)19-11(2)15-10-23-16(20-15)13-4-5-13/h6-11,13-14H,3-5H2,1-2H3,(H2,19,21,22)/t11-,14+/m0/s1. The fraction of sp³-hybridized carbons (Fsp3) is 0.471. The highest BCUT2D eigenvalue weighted by Gasteiger charge is 2.27. The number of pyridine rings is 1. The van der Waals surface area contributed by atoms with Crippen LogP contribution in [0.5, 0.6) is 0 Å². The summed E-state index contributed by atoms with van der Waals surface area (Å²) in [4.78, 5) is 20.9. The minimum atomic E-state index is -0.165. The lowest BCUT2D eigenvalue weighted by molar-refractivity contribution is 0.233. The number of carbonyl (C=O) groups is 1. The smallest absolute Gasteiger partial charge is 0.315 e. The number of carbonyl (C=O) groups excluding carboxylic acids is 1. The summed E-state index contributed by atoms with van der Waals surface area (Å²) < 4.78 is 0. The molecule has 23 heavy (non-hydrogen) atoms. The molecule has 0 unspecified atom stereocenters. The quantitative estimate of drug-likeness (QED) is 0.843. The molecule has 2 atom stereocenters. The van der Waals surface area contributed by atoms with Gasteiger partial charge in [0.1, 0.15) is 0 Å². The van der Waals surface area contributed by atoms with Crippen molar-refractivity contribution in [2.45, 2.75) is 51.1 Å². The molecule has 3 rings (SSSR count). The van der Waals surface area contributed by atoms with Gasteiger partial charge in [-0.15, -0.1) is 11.3 Å². The summed E-state index contributed by atoms with van der Waals surface area (Å²) in [6.45, 7) is 4.02. The van der Waals surface area contributed by atoms with Gasteiger partial charge in [-0.05, 0) is 43.9 Å². The average Bonchev–Trinajstić information content (AvgIpc) is 3.30. The Morgan fingerprint density at radius 1 is 1.35 bits per heavy atom. The maximum Gasteiger partial charge on any atom is 0.315 e. The number of hydrogen-bond donors (Lipinski definition) is 2. The van der Waals surface area contributed by atoms with E-state index in [0.29, 0.717) is 5.92 Å². The van der Waals surface area contributed by atoms with Crippen molar-refractivity contribution in [3.05, 3.63) is 46.2 Å². The molecule has 2 N–H and O–H groups in total. The van der Waals surface area contributed by atoms with Gasteiger partial charge in [0.05, 0.1) is 22.8 Å². The molecular formula is C17H22N4OS. The number of aromatic nitrogens is 2. The van der Waals surface area contributed by atoms with Crippen LogP contribution in [-0.2, 0) is 0 Å². The summed E-state index contributed by atoms with van der Waals surface area (Å²) >= 11 is 1.70. The number of hydrogen-bond acceptors (Lipinski definition) is 4. The van der Waals surface area contributed by atoms with Crippen LogP contribution in [0.15, 0.2) is 29.9 Å². The second-order valence-electron chi connectivity index (χ2n) is 5.97. The summed E-state index contributed by atoms with van der Waals surface area (Å²) in [5, 5.41) is 9.27. The zero-order chi connectivity index (χ0) is 16.2. The Kier molecular flexibility index (Phi) is 4.91. The SMILES string of the molecule is CC[C@@H](NC(=O)N[C@@H](C)c1csc(C2CC2)n1)c1ccncc1. The number of amides is 2. The first-order chi connectivity index (χ1) is 11.2. The Morgan fingerprint density at radius 3 is 2.74 bits per heavy atom. The maximum absolute atomic E-state index is 12.3. The van der Waals surface area contributed by atoms with E-state index in [0.717, 1.165) is 17.7 Å². The van der Waals surface area contributed by atoms with Crippen LogP contribution in [0.25, 0.3) is 0 Å². The molecule has 122 valence electrons. The van der Waals surface area contributed by atoms with Gasteiger partial charge in [0.2, 0.25) is 0 Å². The van der Waals surface area contributed by atoms with Gasteiger partial charge in [-0.25, -0.2) is 9.78 Å². The molecule has 1 aliphatic rings. The fourth-order valence-corrected chi connectivity index (χ4v) is 3.59. The van der Waals surface area contributed by atoms with E-state index in [9.17, 15) is 4.79 Å². The molecule has 0 radical (unpaired) electrons. The fourth-order valence-electron chi connectivity index (χ4n) is 2.50. The second kappa shape index (κ2) is 7.08. The molecule has 0 spiro atoms. The maximum atomic E-state index is 12.3. The van der Waals surface area contributed by atoms with Gasteiger partial charge >= 0.3 is 6.03 Å². The van der Waals surface area contributed by atoms with E-state index in [1.54, 1.807) is 23.7 Å². The molecule has 2 amide bonds. The number of nitrogens with zero attached hydrogens (tertiary/aromatic N) is 2. The highest BCUT2D eigenvalue weighted by atomic mass is 32.1. The minimum Gasteiger partial charge on any atom is -0.331 e. The van der Waals surface area contributed by atoms with Crippen LogP contribution in [0.1, 0.15) is 67.4 Å². The molecule has 2 aromatic rings. The van der Waals surface area contributed by atoms with Gasteiger partial charge in [-0.1, -0.05) is 6.92 Å². The molecular weight excluding hydrogens is 308 g/mol. The molecule has 5 nitrogen and oxygen atoms in total. The van der Waals surface area contributed by atoms with Crippen molar-refractivity contribution in [2.24, 2.45) is 0 Å². The topological polar surface area (TPSA) is 66.9 Å². The molecule has 0 saturated heterocycles. The molecule has 1 saturated carbocycles. The molecule has 0 aromatic carbocycles. The number of rotatable bonds is 6. The highest BCUT2D eigenvalue weighted by molar-refractivity contribution is 7.09. The molecule has 2 heterocycles. The van der Waals surface area contributed by atoms with Crippen LogP contribution < -0.4 is 10.6 Å². The van der Waals surface area contributed by atoms with Gasteiger partial charge in [0.15, 0.2) is 0 Å². The van der Waals surface area contributed by atoms with E-state index in [1.807, 2.05) is 19.1 Å². The van der Waals surface area contributed by atoms with Crippen molar-refractivity contribution < 1.29 is 4.79 Å². The van der Waals surface area contributed by atoms with Crippen molar-refractivity contribution in [3.63, 3.8) is 0 Å². The summed E-state index contributed by atoms with van der Waals surface area (Å²) in [5.41, 5.74) is 2.01. The number of nitrogens with one attached hydrogen (secondary N) is 2. The van der Waals surface area contributed by atoms with Crippen LogP contribution in [0.2, 0.25) is 0 Å². The third kappa shape index (κ3) is 4.07. The molecule has 1 aliphatic carbocycles. The Labute approximate surface area is 140 Å². The third-order valence-corrected chi connectivity index (χ3v) is 5.11. The van der Waals surface area contributed by atoms with Crippen molar-refractivity contribution >= 4 is 17.4 Å². The Morgan fingerprint density at radius 2 is 2.09 bits per heavy atom. The lowest BCUT2D eigenvalue weighted by Gasteiger charge is -2.19. The summed E-state index contributed by atoms with van der Waals surface area (Å²) in [6.07, 6.45) is 6.82.